The summed E-state index contributed by atoms with van der Waals surface area (Å²) >= 11 is 0. The third kappa shape index (κ3) is 0.887. The summed E-state index contributed by atoms with van der Waals surface area (Å²) in [5.74, 6) is -0.274. The lowest BCUT2D eigenvalue weighted by Crippen LogP contribution is -2.03. The smallest absolute Gasteiger partial charge is 0.228 e. The van der Waals surface area contributed by atoms with Crippen LogP contribution >= 0.6 is 0 Å². The van der Waals surface area contributed by atoms with E-state index in [1.165, 1.54) is 12.1 Å². The summed E-state index contributed by atoms with van der Waals surface area (Å²) in [7, 11) is 0. The highest BCUT2D eigenvalue weighted by molar-refractivity contribution is 6.01. The van der Waals surface area contributed by atoms with Crippen LogP contribution in [-0.2, 0) is 11.2 Å². The van der Waals surface area contributed by atoms with Gasteiger partial charge in [0.2, 0.25) is 5.91 Å². The highest BCUT2D eigenvalue weighted by atomic mass is 16.3. The molecular formula is C8H7NO3. The highest BCUT2D eigenvalue weighted by Crippen LogP contribution is 2.35. The first kappa shape index (κ1) is 6.97. The van der Waals surface area contributed by atoms with Crippen molar-refractivity contribution in [3.8, 4) is 11.5 Å². The van der Waals surface area contributed by atoms with Crippen molar-refractivity contribution in [2.45, 2.75) is 6.42 Å². The van der Waals surface area contributed by atoms with Crippen LogP contribution in [0.2, 0.25) is 0 Å². The molecule has 0 saturated heterocycles. The van der Waals surface area contributed by atoms with E-state index in [0.717, 1.165) is 0 Å². The highest BCUT2D eigenvalue weighted by Gasteiger charge is 2.21. The standard InChI is InChI=1S/C8H7NO3/c10-5-1-4-2-7(12)9-8(4)6(11)3-5/h1,3,10-11H,2H2,(H,9,12). The van der Waals surface area contributed by atoms with Crippen LogP contribution in [0.1, 0.15) is 5.56 Å². The van der Waals surface area contributed by atoms with Crippen LogP contribution in [0.15, 0.2) is 12.1 Å². The van der Waals surface area contributed by atoms with Crippen LogP contribution in [0.25, 0.3) is 0 Å². The Bertz CT molecular complexity index is 360. The molecule has 1 aliphatic heterocycles. The van der Waals surface area contributed by atoms with Crippen molar-refractivity contribution < 1.29 is 15.0 Å². The number of hydrogen-bond acceptors (Lipinski definition) is 3. The number of aromatic hydroxyl groups is 2. The van der Waals surface area contributed by atoms with Crippen molar-refractivity contribution in [3.63, 3.8) is 0 Å². The molecule has 0 aliphatic carbocycles. The van der Waals surface area contributed by atoms with Gasteiger partial charge in [0, 0.05) is 6.07 Å². The number of phenols is 2. The zero-order valence-electron chi connectivity index (χ0n) is 6.16. The molecule has 0 saturated carbocycles. The predicted molar refractivity (Wildman–Crippen MR) is 42.1 cm³/mol. The molecule has 1 aromatic carbocycles. The van der Waals surface area contributed by atoms with Gasteiger partial charge in [-0.05, 0) is 11.6 Å². The molecule has 1 aliphatic rings. The van der Waals surface area contributed by atoms with Crippen LogP contribution in [0.3, 0.4) is 0 Å². The lowest BCUT2D eigenvalue weighted by Gasteiger charge is -2.01. The Kier molecular flexibility index (Phi) is 1.24. The van der Waals surface area contributed by atoms with E-state index < -0.39 is 0 Å². The van der Waals surface area contributed by atoms with Crippen molar-refractivity contribution in [2.24, 2.45) is 0 Å². The molecule has 4 nitrogen and oxygen atoms in total. The Labute approximate surface area is 68.5 Å². The number of hydrogen-bond donors (Lipinski definition) is 3. The number of anilines is 1. The second-order valence-electron chi connectivity index (χ2n) is 2.72. The SMILES string of the molecule is O=C1Cc2cc(O)cc(O)c2N1. The average molecular weight is 165 g/mol. The van der Waals surface area contributed by atoms with Gasteiger partial charge in [-0.15, -0.1) is 0 Å². The van der Waals surface area contributed by atoms with E-state index in [2.05, 4.69) is 5.32 Å². The molecule has 0 unspecified atom stereocenters. The first-order chi connectivity index (χ1) is 5.66. The van der Waals surface area contributed by atoms with Gasteiger partial charge in [-0.3, -0.25) is 4.79 Å². The van der Waals surface area contributed by atoms with Crippen LogP contribution in [0.5, 0.6) is 11.5 Å². The fourth-order valence-electron chi connectivity index (χ4n) is 1.31. The molecule has 1 aromatic rings. The van der Waals surface area contributed by atoms with Crippen LogP contribution in [0.4, 0.5) is 5.69 Å². The second-order valence-corrected chi connectivity index (χ2v) is 2.72. The van der Waals surface area contributed by atoms with E-state index >= 15 is 0 Å². The molecule has 0 atom stereocenters. The molecule has 1 amide bonds. The third-order valence-electron chi connectivity index (χ3n) is 1.80. The van der Waals surface area contributed by atoms with Gasteiger partial charge in [0.25, 0.3) is 0 Å². The van der Waals surface area contributed by atoms with Crippen LogP contribution in [0, 0.1) is 0 Å². The minimum absolute atomic E-state index is 0.0252. The van der Waals surface area contributed by atoms with Crippen molar-refractivity contribution >= 4 is 11.6 Å². The molecule has 12 heavy (non-hydrogen) atoms. The maximum Gasteiger partial charge on any atom is 0.228 e. The molecule has 0 bridgehead atoms. The number of amides is 1. The molecule has 62 valence electrons. The van der Waals surface area contributed by atoms with E-state index in [4.69, 9.17) is 5.11 Å². The Morgan fingerprint density at radius 1 is 1.33 bits per heavy atom. The van der Waals surface area contributed by atoms with E-state index in [9.17, 15) is 9.90 Å². The molecule has 1 heterocycles. The lowest BCUT2D eigenvalue weighted by molar-refractivity contribution is -0.115. The van der Waals surface area contributed by atoms with Gasteiger partial charge in [0.1, 0.15) is 11.5 Å². The monoisotopic (exact) mass is 165 g/mol. The molecule has 3 N–H and O–H groups in total. The molecule has 0 spiro atoms. The van der Waals surface area contributed by atoms with Gasteiger partial charge in [-0.1, -0.05) is 0 Å². The first-order valence-corrected chi connectivity index (χ1v) is 3.51. The first-order valence-electron chi connectivity index (χ1n) is 3.51. The number of benzene rings is 1. The number of rotatable bonds is 0. The fourth-order valence-corrected chi connectivity index (χ4v) is 1.31. The van der Waals surface area contributed by atoms with E-state index in [1.807, 2.05) is 0 Å². The van der Waals surface area contributed by atoms with Gasteiger partial charge in [0.15, 0.2) is 0 Å². The van der Waals surface area contributed by atoms with Gasteiger partial charge >= 0.3 is 0 Å². The van der Waals surface area contributed by atoms with Crippen molar-refractivity contribution in [1.82, 2.24) is 0 Å². The van der Waals surface area contributed by atoms with Crippen LogP contribution < -0.4 is 5.32 Å². The fraction of sp³-hybridized carbons (Fsp3) is 0.125. The topological polar surface area (TPSA) is 69.6 Å². The van der Waals surface area contributed by atoms with Crippen molar-refractivity contribution in [1.29, 1.82) is 0 Å². The molecule has 4 heteroatoms. The summed E-state index contributed by atoms with van der Waals surface area (Å²) < 4.78 is 0. The molecule has 0 aromatic heterocycles. The molecular weight excluding hydrogens is 158 g/mol. The number of carbonyl (C=O) groups excluding carboxylic acids is 1. The third-order valence-corrected chi connectivity index (χ3v) is 1.80. The summed E-state index contributed by atoms with van der Waals surface area (Å²) in [6.07, 6.45) is 0.220. The number of carbonyl (C=O) groups is 1. The Balaban J connectivity index is 2.59. The average Bonchev–Trinajstić information content (AvgIpc) is 2.29. The molecule has 2 rings (SSSR count). The van der Waals surface area contributed by atoms with Crippen LogP contribution in [-0.4, -0.2) is 16.1 Å². The maximum atomic E-state index is 10.9. The minimum Gasteiger partial charge on any atom is -0.508 e. The van der Waals surface area contributed by atoms with Crippen molar-refractivity contribution in [2.75, 3.05) is 5.32 Å². The van der Waals surface area contributed by atoms with Gasteiger partial charge in [0.05, 0.1) is 12.1 Å². The summed E-state index contributed by atoms with van der Waals surface area (Å²) in [6, 6.07) is 2.66. The zero-order chi connectivity index (χ0) is 8.72. The van der Waals surface area contributed by atoms with E-state index in [0.29, 0.717) is 11.3 Å². The minimum atomic E-state index is -0.161. The number of nitrogens with one attached hydrogen (secondary N) is 1. The molecule has 0 fully saturated rings. The van der Waals surface area contributed by atoms with Gasteiger partial charge in [-0.25, -0.2) is 0 Å². The second kappa shape index (κ2) is 2.14. The normalized spacial score (nSPS) is 14.2. The summed E-state index contributed by atoms with van der Waals surface area (Å²) in [6.45, 7) is 0. The Morgan fingerprint density at radius 2 is 2.08 bits per heavy atom. The molecule has 0 radical (unpaired) electrons. The summed E-state index contributed by atoms with van der Waals surface area (Å²) in [4.78, 5) is 10.9. The summed E-state index contributed by atoms with van der Waals surface area (Å²) in [5.41, 5.74) is 1.05. The van der Waals surface area contributed by atoms with Crippen molar-refractivity contribution in [3.05, 3.63) is 17.7 Å². The van der Waals surface area contributed by atoms with Gasteiger partial charge < -0.3 is 15.5 Å². The maximum absolute atomic E-state index is 10.9. The quantitative estimate of drug-likeness (QED) is 0.389. The Morgan fingerprint density at radius 3 is 2.83 bits per heavy atom. The zero-order valence-corrected chi connectivity index (χ0v) is 6.16. The lowest BCUT2D eigenvalue weighted by atomic mass is 10.1. The summed E-state index contributed by atoms with van der Waals surface area (Å²) in [5, 5.41) is 20.8. The van der Waals surface area contributed by atoms with E-state index in [1.54, 1.807) is 0 Å². The Hall–Kier alpha value is -1.71. The predicted octanol–water partition coefficient (Wildman–Crippen LogP) is 0.592. The van der Waals surface area contributed by atoms with Gasteiger partial charge in [-0.2, -0.15) is 0 Å². The van der Waals surface area contributed by atoms with E-state index in [-0.39, 0.29) is 23.8 Å². The number of phenolic OH excluding ortho intramolecular Hbond substituents is 2. The largest absolute Gasteiger partial charge is 0.508 e. The number of fused-ring (bicyclic) bond motifs is 1.